The van der Waals surface area contributed by atoms with Gasteiger partial charge in [0.2, 0.25) is 0 Å². The molecule has 0 radical (unpaired) electrons. The number of alkyl carbamates (subject to hydrolysis) is 1. The first-order chi connectivity index (χ1) is 12.7. The smallest absolute Gasteiger partial charge is 0.412 e. The Hall–Kier alpha value is -2.36. The minimum absolute atomic E-state index is 0.0153. The van der Waals surface area contributed by atoms with E-state index in [1.54, 1.807) is 48.5 Å². The van der Waals surface area contributed by atoms with Crippen LogP contribution in [0.3, 0.4) is 0 Å². The summed E-state index contributed by atoms with van der Waals surface area (Å²) in [5.74, 6) is -0.653. The Kier molecular flexibility index (Phi) is 7.80. The zero-order chi connectivity index (χ0) is 21.7. The molecule has 0 bridgehead atoms. The molecule has 0 saturated heterocycles. The highest BCUT2D eigenvalue weighted by Gasteiger charge is 2.28. The van der Waals surface area contributed by atoms with Crippen molar-refractivity contribution in [1.29, 1.82) is 0 Å². The van der Waals surface area contributed by atoms with Crippen molar-refractivity contribution in [2.45, 2.75) is 72.1 Å². The van der Waals surface area contributed by atoms with E-state index in [-0.39, 0.29) is 6.42 Å². The predicted octanol–water partition coefficient (Wildman–Crippen LogP) is 3.41. The molecule has 158 valence electrons. The van der Waals surface area contributed by atoms with Gasteiger partial charge in [-0.05, 0) is 48.5 Å². The van der Waals surface area contributed by atoms with Crippen molar-refractivity contribution >= 4 is 34.5 Å². The van der Waals surface area contributed by atoms with Crippen LogP contribution in [0.2, 0.25) is 0 Å². The Balaban J connectivity index is 2.96. The number of hydrogen-bond donors (Lipinski definition) is 2. The number of thiazole rings is 1. The van der Waals surface area contributed by atoms with Gasteiger partial charge in [-0.25, -0.2) is 19.4 Å². The van der Waals surface area contributed by atoms with E-state index in [4.69, 9.17) is 14.2 Å². The third kappa shape index (κ3) is 8.55. The molecule has 1 aromatic rings. The number of aryl methyl sites for hydroxylation is 1. The lowest BCUT2D eigenvalue weighted by Crippen LogP contribution is -2.45. The largest absolute Gasteiger partial charge is 0.467 e. The molecule has 1 heterocycles. The normalized spacial score (nSPS) is 12.7. The zero-order valence-electron chi connectivity index (χ0n) is 17.6. The Morgan fingerprint density at radius 2 is 1.57 bits per heavy atom. The molecule has 2 N–H and O–H groups in total. The van der Waals surface area contributed by atoms with Crippen molar-refractivity contribution in [3.8, 4) is 0 Å². The fourth-order valence-electron chi connectivity index (χ4n) is 2.08. The maximum Gasteiger partial charge on any atom is 0.412 e. The second kappa shape index (κ2) is 9.22. The van der Waals surface area contributed by atoms with Gasteiger partial charge in [0.1, 0.15) is 22.2 Å². The number of carbonyl (C=O) groups is 3. The van der Waals surface area contributed by atoms with E-state index in [0.29, 0.717) is 15.7 Å². The number of methoxy groups -OCH3 is 1. The van der Waals surface area contributed by atoms with Crippen molar-refractivity contribution in [2.75, 3.05) is 12.4 Å². The summed E-state index contributed by atoms with van der Waals surface area (Å²) in [6.45, 7) is 12.2. The third-order valence-corrected chi connectivity index (χ3v) is 3.92. The van der Waals surface area contributed by atoms with E-state index in [9.17, 15) is 14.4 Å². The topological polar surface area (TPSA) is 116 Å². The second-order valence-corrected chi connectivity index (χ2v) is 9.26. The molecule has 0 spiro atoms. The van der Waals surface area contributed by atoms with Gasteiger partial charge in [-0.2, -0.15) is 0 Å². The number of nitrogens with zero attached hydrogens (tertiary/aromatic N) is 1. The molecule has 0 aliphatic heterocycles. The molecular weight excluding hydrogens is 386 g/mol. The molecular formula is C18H29N3O6S. The lowest BCUT2D eigenvalue weighted by Gasteiger charge is -2.22. The maximum absolute atomic E-state index is 12.1. The van der Waals surface area contributed by atoms with E-state index in [0.717, 1.165) is 0 Å². The lowest BCUT2D eigenvalue weighted by atomic mass is 10.1. The van der Waals surface area contributed by atoms with Gasteiger partial charge in [0.15, 0.2) is 0 Å². The van der Waals surface area contributed by atoms with Crippen LogP contribution in [0.5, 0.6) is 0 Å². The van der Waals surface area contributed by atoms with Crippen molar-refractivity contribution in [2.24, 2.45) is 0 Å². The van der Waals surface area contributed by atoms with Crippen molar-refractivity contribution in [1.82, 2.24) is 10.3 Å². The first-order valence-corrected chi connectivity index (χ1v) is 9.55. The number of hydrogen-bond acceptors (Lipinski definition) is 8. The number of rotatable bonds is 5. The number of anilines is 1. The Morgan fingerprint density at radius 1 is 1.04 bits per heavy atom. The molecule has 0 aliphatic carbocycles. The highest BCUT2D eigenvalue weighted by atomic mass is 32.1. The molecule has 9 nitrogen and oxygen atoms in total. The highest BCUT2D eigenvalue weighted by Crippen LogP contribution is 2.26. The number of carbonyl (C=O) groups excluding carboxylic acids is 3. The SMILES string of the molecule is COC(=O)[C@@H](Cc1nc(C)sc1NC(=O)OC(C)(C)C)NC(=O)OC(C)(C)C. The van der Waals surface area contributed by atoms with Crippen LogP contribution < -0.4 is 10.6 Å². The van der Waals surface area contributed by atoms with E-state index < -0.39 is 35.4 Å². The van der Waals surface area contributed by atoms with Gasteiger partial charge in [0, 0.05) is 6.42 Å². The predicted molar refractivity (Wildman–Crippen MR) is 106 cm³/mol. The fraction of sp³-hybridized carbons (Fsp3) is 0.667. The van der Waals surface area contributed by atoms with E-state index in [1.807, 2.05) is 0 Å². The van der Waals surface area contributed by atoms with Gasteiger partial charge >= 0.3 is 18.2 Å². The molecule has 1 atom stereocenters. The molecule has 0 unspecified atom stereocenters. The minimum atomic E-state index is -1.03. The van der Waals surface area contributed by atoms with Crippen LogP contribution in [0.4, 0.5) is 14.6 Å². The summed E-state index contributed by atoms with van der Waals surface area (Å²) in [4.78, 5) is 40.6. The standard InChI is InChI=1S/C18H29N3O6S/c1-10-19-11(13(28-10)21-16(24)27-18(5,6)7)9-12(14(22)25-8)20-15(23)26-17(2,3)4/h12H,9H2,1-8H3,(H,20,23)(H,21,24)/t12-/m1/s1. The average molecular weight is 416 g/mol. The van der Waals surface area contributed by atoms with E-state index in [2.05, 4.69) is 15.6 Å². The molecule has 0 saturated carbocycles. The summed E-state index contributed by atoms with van der Waals surface area (Å²) in [7, 11) is 1.22. The summed E-state index contributed by atoms with van der Waals surface area (Å²) >= 11 is 1.24. The van der Waals surface area contributed by atoms with E-state index >= 15 is 0 Å². The number of amides is 2. The summed E-state index contributed by atoms with van der Waals surface area (Å²) in [5.41, 5.74) is -0.942. The Bertz CT molecular complexity index is 718. The molecule has 1 aromatic heterocycles. The van der Waals surface area contributed by atoms with Crippen LogP contribution in [0.1, 0.15) is 52.2 Å². The number of esters is 1. The molecule has 1 rings (SSSR count). The van der Waals surface area contributed by atoms with Gasteiger partial charge in [0.25, 0.3) is 0 Å². The molecule has 28 heavy (non-hydrogen) atoms. The molecule has 0 aromatic carbocycles. The monoisotopic (exact) mass is 415 g/mol. The second-order valence-electron chi connectivity index (χ2n) is 8.06. The summed E-state index contributed by atoms with van der Waals surface area (Å²) in [6, 6.07) is -1.03. The lowest BCUT2D eigenvalue weighted by molar-refractivity contribution is -0.143. The molecule has 0 fully saturated rings. The van der Waals surface area contributed by atoms with Crippen LogP contribution in [0.25, 0.3) is 0 Å². The van der Waals surface area contributed by atoms with Crippen molar-refractivity contribution in [3.63, 3.8) is 0 Å². The molecule has 2 amide bonds. The first kappa shape index (κ1) is 23.7. The van der Waals surface area contributed by atoms with Crippen LogP contribution in [-0.2, 0) is 25.4 Å². The first-order valence-electron chi connectivity index (χ1n) is 8.74. The van der Waals surface area contributed by atoms with Gasteiger partial charge in [-0.3, -0.25) is 5.32 Å². The van der Waals surface area contributed by atoms with Gasteiger partial charge in [0.05, 0.1) is 17.8 Å². The van der Waals surface area contributed by atoms with Crippen LogP contribution in [0.15, 0.2) is 0 Å². The summed E-state index contributed by atoms with van der Waals surface area (Å²) in [5, 5.41) is 6.25. The van der Waals surface area contributed by atoms with Gasteiger partial charge in [-0.15, -0.1) is 11.3 Å². The van der Waals surface area contributed by atoms with Crippen molar-refractivity contribution < 1.29 is 28.6 Å². The number of aromatic nitrogens is 1. The molecule has 10 heteroatoms. The Labute approximate surface area is 169 Å². The minimum Gasteiger partial charge on any atom is -0.467 e. The maximum atomic E-state index is 12.1. The van der Waals surface area contributed by atoms with E-state index in [1.165, 1.54) is 18.4 Å². The summed E-state index contributed by atoms with van der Waals surface area (Å²) < 4.78 is 15.2. The quantitative estimate of drug-likeness (QED) is 0.559. The van der Waals surface area contributed by atoms with Crippen LogP contribution >= 0.6 is 11.3 Å². The fourth-order valence-corrected chi connectivity index (χ4v) is 2.91. The average Bonchev–Trinajstić information content (AvgIpc) is 2.81. The van der Waals surface area contributed by atoms with Crippen LogP contribution in [0, 0.1) is 6.92 Å². The third-order valence-electron chi connectivity index (χ3n) is 2.99. The Morgan fingerprint density at radius 3 is 2.07 bits per heavy atom. The number of nitrogens with one attached hydrogen (secondary N) is 2. The van der Waals surface area contributed by atoms with Gasteiger partial charge in [-0.1, -0.05) is 0 Å². The highest BCUT2D eigenvalue weighted by molar-refractivity contribution is 7.16. The zero-order valence-corrected chi connectivity index (χ0v) is 18.4. The number of ether oxygens (including phenoxy) is 3. The van der Waals surface area contributed by atoms with Crippen LogP contribution in [-0.4, -0.2) is 47.5 Å². The summed E-state index contributed by atoms with van der Waals surface area (Å²) in [6.07, 6.45) is -1.37. The van der Waals surface area contributed by atoms with Gasteiger partial charge < -0.3 is 19.5 Å². The molecule has 0 aliphatic rings. The van der Waals surface area contributed by atoms with Crippen molar-refractivity contribution in [3.05, 3.63) is 10.7 Å².